The second-order valence-electron chi connectivity index (χ2n) is 3.47. The minimum Gasteiger partial charge on any atom is -0.313 e. The highest BCUT2D eigenvalue weighted by Gasteiger charge is 2.08. The molecule has 16 heavy (non-hydrogen) atoms. The predicted molar refractivity (Wildman–Crippen MR) is 56.6 cm³/mol. The van der Waals surface area contributed by atoms with E-state index < -0.39 is 0 Å². The average molecular weight is 221 g/mol. The number of tetrazole rings is 1. The fraction of sp³-hybridized carbons (Fsp3) is 0.300. The van der Waals surface area contributed by atoms with Gasteiger partial charge >= 0.3 is 0 Å². The second kappa shape index (κ2) is 4.36. The molecule has 6 heteroatoms. The van der Waals surface area contributed by atoms with Gasteiger partial charge in [-0.15, -0.1) is 5.10 Å². The van der Waals surface area contributed by atoms with Crippen molar-refractivity contribution in [3.8, 4) is 5.69 Å². The molecule has 1 N–H and O–H groups in total. The molecule has 2 rings (SSSR count). The largest absolute Gasteiger partial charge is 0.313 e. The topological polar surface area (TPSA) is 55.6 Å². The zero-order valence-electron chi connectivity index (χ0n) is 9.11. The highest BCUT2D eigenvalue weighted by Crippen LogP contribution is 2.13. The van der Waals surface area contributed by atoms with Gasteiger partial charge in [0.25, 0.3) is 0 Å². The van der Waals surface area contributed by atoms with E-state index in [4.69, 9.17) is 0 Å². The van der Waals surface area contributed by atoms with Gasteiger partial charge in [0.1, 0.15) is 5.82 Å². The third-order valence-corrected chi connectivity index (χ3v) is 2.26. The quantitative estimate of drug-likeness (QED) is 0.834. The summed E-state index contributed by atoms with van der Waals surface area (Å²) < 4.78 is 14.7. The molecule has 2 aromatic rings. The molecule has 0 bridgehead atoms. The molecule has 0 spiro atoms. The number of nitrogens with one attached hydrogen (secondary N) is 1. The van der Waals surface area contributed by atoms with Crippen molar-refractivity contribution in [2.75, 3.05) is 7.05 Å². The van der Waals surface area contributed by atoms with E-state index in [1.807, 2.05) is 7.05 Å². The van der Waals surface area contributed by atoms with Gasteiger partial charge in [0, 0.05) is 0 Å². The Bertz CT molecular complexity index is 494. The number of hydrogen-bond donors (Lipinski definition) is 1. The minimum atomic E-state index is -0.230. The molecule has 1 heterocycles. The third kappa shape index (κ3) is 1.92. The lowest BCUT2D eigenvalue weighted by Crippen LogP contribution is -2.12. The Balaban J connectivity index is 2.42. The maximum absolute atomic E-state index is 13.1. The number of nitrogens with zero attached hydrogens (tertiary/aromatic N) is 4. The van der Waals surface area contributed by atoms with Crippen LogP contribution in [0.15, 0.2) is 18.2 Å². The van der Waals surface area contributed by atoms with Gasteiger partial charge in [-0.3, -0.25) is 0 Å². The smallest absolute Gasteiger partial charge is 0.170 e. The summed E-state index contributed by atoms with van der Waals surface area (Å²) in [6.45, 7) is 2.27. The first-order chi connectivity index (χ1) is 7.72. The van der Waals surface area contributed by atoms with Crippen molar-refractivity contribution in [1.29, 1.82) is 0 Å². The van der Waals surface area contributed by atoms with E-state index >= 15 is 0 Å². The molecule has 1 aromatic carbocycles. The number of rotatable bonds is 3. The van der Waals surface area contributed by atoms with Crippen molar-refractivity contribution < 1.29 is 4.39 Å². The summed E-state index contributed by atoms with van der Waals surface area (Å²) in [6, 6.07) is 4.78. The normalized spacial score (nSPS) is 10.7. The highest BCUT2D eigenvalue weighted by atomic mass is 19.1. The number of hydrogen-bond acceptors (Lipinski definition) is 4. The van der Waals surface area contributed by atoms with Crippen LogP contribution in [-0.4, -0.2) is 27.3 Å². The molecule has 0 atom stereocenters. The van der Waals surface area contributed by atoms with Crippen LogP contribution in [0.4, 0.5) is 4.39 Å². The van der Waals surface area contributed by atoms with Crippen LogP contribution in [0, 0.1) is 12.7 Å². The summed E-state index contributed by atoms with van der Waals surface area (Å²) >= 11 is 0. The van der Waals surface area contributed by atoms with E-state index in [0.29, 0.717) is 17.9 Å². The van der Waals surface area contributed by atoms with Crippen LogP contribution >= 0.6 is 0 Å². The monoisotopic (exact) mass is 221 g/mol. The summed E-state index contributed by atoms with van der Waals surface area (Å²) in [5, 5.41) is 14.3. The Morgan fingerprint density at radius 1 is 1.44 bits per heavy atom. The number of benzene rings is 1. The van der Waals surface area contributed by atoms with E-state index in [0.717, 1.165) is 5.69 Å². The fourth-order valence-corrected chi connectivity index (χ4v) is 1.44. The summed E-state index contributed by atoms with van der Waals surface area (Å²) in [6.07, 6.45) is 0. The fourth-order valence-electron chi connectivity index (χ4n) is 1.44. The van der Waals surface area contributed by atoms with Gasteiger partial charge in [-0.2, -0.15) is 4.68 Å². The average Bonchev–Trinajstić information content (AvgIpc) is 2.71. The van der Waals surface area contributed by atoms with Crippen molar-refractivity contribution in [3.63, 3.8) is 0 Å². The predicted octanol–water partition coefficient (Wildman–Crippen LogP) is 0.829. The van der Waals surface area contributed by atoms with Crippen LogP contribution in [0.5, 0.6) is 0 Å². The van der Waals surface area contributed by atoms with E-state index in [9.17, 15) is 4.39 Å². The van der Waals surface area contributed by atoms with Gasteiger partial charge in [0.2, 0.25) is 0 Å². The zero-order valence-corrected chi connectivity index (χ0v) is 9.11. The van der Waals surface area contributed by atoms with Gasteiger partial charge in [-0.1, -0.05) is 0 Å². The lowest BCUT2D eigenvalue weighted by atomic mass is 10.2. The van der Waals surface area contributed by atoms with Crippen LogP contribution < -0.4 is 5.32 Å². The van der Waals surface area contributed by atoms with Crippen molar-refractivity contribution in [2.24, 2.45) is 0 Å². The molecule has 0 radical (unpaired) electrons. The molecular formula is C10H12FN5. The van der Waals surface area contributed by atoms with Gasteiger partial charge < -0.3 is 5.32 Å². The first-order valence-corrected chi connectivity index (χ1v) is 4.90. The third-order valence-electron chi connectivity index (χ3n) is 2.26. The van der Waals surface area contributed by atoms with Crippen LogP contribution in [-0.2, 0) is 6.54 Å². The van der Waals surface area contributed by atoms with E-state index in [1.165, 1.54) is 6.07 Å². The minimum absolute atomic E-state index is 0.230. The number of aryl methyl sites for hydroxylation is 1. The van der Waals surface area contributed by atoms with Gasteiger partial charge in [0.15, 0.2) is 5.82 Å². The van der Waals surface area contributed by atoms with E-state index in [-0.39, 0.29) is 5.82 Å². The van der Waals surface area contributed by atoms with Crippen molar-refractivity contribution >= 4 is 0 Å². The molecule has 0 unspecified atom stereocenters. The SMILES string of the molecule is CNCc1nnnn1-c1ccc(F)c(C)c1. The summed E-state index contributed by atoms with van der Waals surface area (Å²) in [4.78, 5) is 0. The summed E-state index contributed by atoms with van der Waals surface area (Å²) in [5.74, 6) is 0.459. The number of aromatic nitrogens is 4. The van der Waals surface area contributed by atoms with Gasteiger partial charge in [-0.05, 0) is 48.2 Å². The molecular weight excluding hydrogens is 209 g/mol. The Hall–Kier alpha value is -1.82. The van der Waals surface area contributed by atoms with E-state index in [1.54, 1.807) is 23.7 Å². The molecule has 0 fully saturated rings. The molecule has 1 aromatic heterocycles. The standard InChI is InChI=1S/C10H12FN5/c1-7-5-8(3-4-9(7)11)16-10(6-12-2)13-14-15-16/h3-5,12H,6H2,1-2H3. The molecule has 0 saturated heterocycles. The zero-order chi connectivity index (χ0) is 11.5. The highest BCUT2D eigenvalue weighted by molar-refractivity contribution is 5.35. The Morgan fingerprint density at radius 3 is 2.94 bits per heavy atom. The van der Waals surface area contributed by atoms with Crippen LogP contribution in [0.3, 0.4) is 0 Å². The maximum Gasteiger partial charge on any atom is 0.170 e. The molecule has 84 valence electrons. The van der Waals surface area contributed by atoms with Crippen molar-refractivity contribution in [2.45, 2.75) is 13.5 Å². The van der Waals surface area contributed by atoms with Gasteiger partial charge in [-0.25, -0.2) is 4.39 Å². The number of halogens is 1. The maximum atomic E-state index is 13.1. The van der Waals surface area contributed by atoms with Gasteiger partial charge in [0.05, 0.1) is 12.2 Å². The summed E-state index contributed by atoms with van der Waals surface area (Å²) in [5.41, 5.74) is 1.33. The molecule has 0 aliphatic heterocycles. The van der Waals surface area contributed by atoms with Crippen LogP contribution in [0.2, 0.25) is 0 Å². The Kier molecular flexibility index (Phi) is 2.91. The van der Waals surface area contributed by atoms with Crippen LogP contribution in [0.1, 0.15) is 11.4 Å². The first-order valence-electron chi connectivity index (χ1n) is 4.90. The lowest BCUT2D eigenvalue weighted by molar-refractivity contribution is 0.616. The van der Waals surface area contributed by atoms with Crippen LogP contribution in [0.25, 0.3) is 5.69 Å². The second-order valence-corrected chi connectivity index (χ2v) is 3.47. The first kappa shape index (κ1) is 10.7. The molecule has 0 amide bonds. The molecule has 0 saturated carbocycles. The van der Waals surface area contributed by atoms with Crippen molar-refractivity contribution in [1.82, 2.24) is 25.5 Å². The molecule has 5 nitrogen and oxygen atoms in total. The van der Waals surface area contributed by atoms with E-state index in [2.05, 4.69) is 20.8 Å². The lowest BCUT2D eigenvalue weighted by Gasteiger charge is -2.05. The molecule has 0 aliphatic carbocycles. The molecule has 0 aliphatic rings. The Labute approximate surface area is 92.3 Å². The summed E-state index contributed by atoms with van der Waals surface area (Å²) in [7, 11) is 1.81. The Morgan fingerprint density at radius 2 is 2.25 bits per heavy atom. The van der Waals surface area contributed by atoms with Crippen molar-refractivity contribution in [3.05, 3.63) is 35.4 Å².